The molecule has 14 heavy (non-hydrogen) atoms. The highest BCUT2D eigenvalue weighted by molar-refractivity contribution is 5.85. The molecule has 0 aliphatic heterocycles. The van der Waals surface area contributed by atoms with Gasteiger partial charge in [0.15, 0.2) is 0 Å². The van der Waals surface area contributed by atoms with Crippen molar-refractivity contribution >= 4 is 11.9 Å². The Labute approximate surface area is 83.1 Å². The first kappa shape index (κ1) is 12.5. The smallest absolute Gasteiger partial charge is 0.323 e. The molecule has 0 aliphatic rings. The van der Waals surface area contributed by atoms with Gasteiger partial charge in [-0.05, 0) is 14.0 Å². The lowest BCUT2D eigenvalue weighted by Crippen LogP contribution is -2.45. The van der Waals surface area contributed by atoms with Crippen molar-refractivity contribution in [2.24, 2.45) is 0 Å². The molecule has 0 spiro atoms. The number of carboxylic acid groups (broad SMARTS) is 1. The molecule has 0 saturated heterocycles. The summed E-state index contributed by atoms with van der Waals surface area (Å²) in [4.78, 5) is 23.0. The van der Waals surface area contributed by atoms with E-state index in [1.807, 2.05) is 0 Å². The SMILES string of the molecule is C#CCN(CC(=O)O)C(=O)C(C)NC. The second-order valence-electron chi connectivity index (χ2n) is 2.80. The van der Waals surface area contributed by atoms with Gasteiger partial charge in [0, 0.05) is 0 Å². The summed E-state index contributed by atoms with van der Waals surface area (Å²) in [6.07, 6.45) is 5.03. The van der Waals surface area contributed by atoms with E-state index in [2.05, 4.69) is 11.2 Å². The average molecular weight is 198 g/mol. The van der Waals surface area contributed by atoms with Crippen molar-refractivity contribution in [3.8, 4) is 12.3 Å². The molecule has 1 unspecified atom stereocenters. The number of carboxylic acids is 1. The van der Waals surface area contributed by atoms with Crippen molar-refractivity contribution in [3.05, 3.63) is 0 Å². The maximum atomic E-state index is 11.5. The molecule has 5 nitrogen and oxygen atoms in total. The Kier molecular flexibility index (Phi) is 5.34. The minimum Gasteiger partial charge on any atom is -0.480 e. The van der Waals surface area contributed by atoms with Crippen LogP contribution in [0.4, 0.5) is 0 Å². The monoisotopic (exact) mass is 198 g/mol. The topological polar surface area (TPSA) is 69.6 Å². The molecule has 0 aliphatic carbocycles. The second kappa shape index (κ2) is 6.00. The van der Waals surface area contributed by atoms with E-state index in [0.717, 1.165) is 4.90 Å². The number of rotatable bonds is 5. The Morgan fingerprint density at radius 2 is 2.21 bits per heavy atom. The van der Waals surface area contributed by atoms with Gasteiger partial charge in [0.1, 0.15) is 6.54 Å². The Balaban J connectivity index is 4.41. The molecule has 0 heterocycles. The van der Waals surface area contributed by atoms with Crippen LogP contribution in [0.3, 0.4) is 0 Å². The third-order valence-corrected chi connectivity index (χ3v) is 1.72. The van der Waals surface area contributed by atoms with Gasteiger partial charge < -0.3 is 15.3 Å². The zero-order chi connectivity index (χ0) is 11.1. The quantitative estimate of drug-likeness (QED) is 0.564. The minimum atomic E-state index is -1.07. The van der Waals surface area contributed by atoms with E-state index in [1.165, 1.54) is 0 Å². The molecule has 78 valence electrons. The summed E-state index contributed by atoms with van der Waals surface area (Å²) < 4.78 is 0. The molecular weight excluding hydrogens is 184 g/mol. The number of likely N-dealkylation sites (N-methyl/N-ethyl adjacent to an activating group) is 1. The molecule has 0 aromatic heterocycles. The van der Waals surface area contributed by atoms with E-state index in [-0.39, 0.29) is 19.0 Å². The summed E-state index contributed by atoms with van der Waals surface area (Å²) in [7, 11) is 1.62. The summed E-state index contributed by atoms with van der Waals surface area (Å²) in [6, 6.07) is -0.428. The molecule has 0 aromatic carbocycles. The number of carbonyl (C=O) groups is 2. The zero-order valence-corrected chi connectivity index (χ0v) is 8.28. The standard InChI is InChI=1S/C9H14N2O3/c1-4-5-11(6-8(12)13)9(14)7(2)10-3/h1,7,10H,5-6H2,2-3H3,(H,12,13). The first-order chi connectivity index (χ1) is 6.52. The van der Waals surface area contributed by atoms with Crippen molar-refractivity contribution in [3.63, 3.8) is 0 Å². The van der Waals surface area contributed by atoms with Crippen LogP contribution in [0, 0.1) is 12.3 Å². The third-order valence-electron chi connectivity index (χ3n) is 1.72. The number of aliphatic carboxylic acids is 1. The maximum Gasteiger partial charge on any atom is 0.323 e. The average Bonchev–Trinajstić information content (AvgIpc) is 2.14. The van der Waals surface area contributed by atoms with Crippen LogP contribution < -0.4 is 5.32 Å². The van der Waals surface area contributed by atoms with Crippen LogP contribution in [0.15, 0.2) is 0 Å². The van der Waals surface area contributed by atoms with Crippen LogP contribution in [-0.4, -0.2) is 48.1 Å². The Morgan fingerprint density at radius 3 is 2.57 bits per heavy atom. The summed E-state index contributed by atoms with van der Waals surface area (Å²) in [5.41, 5.74) is 0. The van der Waals surface area contributed by atoms with Gasteiger partial charge in [0.05, 0.1) is 12.6 Å². The van der Waals surface area contributed by atoms with E-state index >= 15 is 0 Å². The van der Waals surface area contributed by atoms with Crippen LogP contribution in [0.1, 0.15) is 6.92 Å². The van der Waals surface area contributed by atoms with E-state index in [0.29, 0.717) is 0 Å². The molecule has 0 aromatic rings. The van der Waals surface area contributed by atoms with Crippen LogP contribution in [0.5, 0.6) is 0 Å². The molecule has 2 N–H and O–H groups in total. The minimum absolute atomic E-state index is 0.0111. The summed E-state index contributed by atoms with van der Waals surface area (Å²) in [6.45, 7) is 1.29. The molecule has 0 radical (unpaired) electrons. The van der Waals surface area contributed by atoms with Gasteiger partial charge in [-0.25, -0.2) is 0 Å². The number of carbonyl (C=O) groups excluding carboxylic acids is 1. The van der Waals surface area contributed by atoms with Crippen LogP contribution in [0.2, 0.25) is 0 Å². The van der Waals surface area contributed by atoms with Crippen molar-refractivity contribution in [2.45, 2.75) is 13.0 Å². The van der Waals surface area contributed by atoms with Gasteiger partial charge in [-0.2, -0.15) is 0 Å². The van der Waals surface area contributed by atoms with Gasteiger partial charge >= 0.3 is 5.97 Å². The fraction of sp³-hybridized carbons (Fsp3) is 0.556. The van der Waals surface area contributed by atoms with Crippen LogP contribution in [0.25, 0.3) is 0 Å². The highest BCUT2D eigenvalue weighted by Gasteiger charge is 2.20. The van der Waals surface area contributed by atoms with Gasteiger partial charge in [0.2, 0.25) is 5.91 Å². The summed E-state index contributed by atoms with van der Waals surface area (Å²) >= 11 is 0. The predicted octanol–water partition coefficient (Wildman–Crippen LogP) is -0.859. The number of terminal acetylenes is 1. The van der Waals surface area contributed by atoms with Crippen LogP contribution >= 0.6 is 0 Å². The lowest BCUT2D eigenvalue weighted by atomic mass is 10.3. The van der Waals surface area contributed by atoms with Gasteiger partial charge in [0.25, 0.3) is 0 Å². The lowest BCUT2D eigenvalue weighted by molar-refractivity contribution is -0.144. The van der Waals surface area contributed by atoms with E-state index in [4.69, 9.17) is 11.5 Å². The first-order valence-electron chi connectivity index (χ1n) is 4.14. The van der Waals surface area contributed by atoms with Gasteiger partial charge in [-0.1, -0.05) is 5.92 Å². The van der Waals surface area contributed by atoms with Crippen molar-refractivity contribution in [1.29, 1.82) is 0 Å². The largest absolute Gasteiger partial charge is 0.480 e. The first-order valence-corrected chi connectivity index (χ1v) is 4.14. The summed E-state index contributed by atoms with van der Waals surface area (Å²) in [5.74, 6) is 0.863. The zero-order valence-electron chi connectivity index (χ0n) is 8.28. The molecule has 1 atom stereocenters. The molecule has 1 amide bonds. The highest BCUT2D eigenvalue weighted by Crippen LogP contribution is 1.94. The highest BCUT2D eigenvalue weighted by atomic mass is 16.4. The van der Waals surface area contributed by atoms with Crippen molar-refractivity contribution in [2.75, 3.05) is 20.1 Å². The summed E-state index contributed by atoms with van der Waals surface area (Å²) in [5, 5.41) is 11.3. The maximum absolute atomic E-state index is 11.5. The molecule has 0 rings (SSSR count). The number of nitrogens with zero attached hydrogens (tertiary/aromatic N) is 1. The normalized spacial score (nSPS) is 11.5. The fourth-order valence-electron chi connectivity index (χ4n) is 0.883. The number of amides is 1. The number of hydrogen-bond donors (Lipinski definition) is 2. The van der Waals surface area contributed by atoms with Crippen molar-refractivity contribution in [1.82, 2.24) is 10.2 Å². The third kappa shape index (κ3) is 3.92. The van der Waals surface area contributed by atoms with Gasteiger partial charge in [-0.15, -0.1) is 6.42 Å². The molecule has 5 heteroatoms. The van der Waals surface area contributed by atoms with E-state index in [1.54, 1.807) is 14.0 Å². The second-order valence-corrected chi connectivity index (χ2v) is 2.80. The molecule has 0 bridgehead atoms. The Hall–Kier alpha value is -1.54. The molecule has 0 saturated carbocycles. The van der Waals surface area contributed by atoms with Gasteiger partial charge in [-0.3, -0.25) is 9.59 Å². The lowest BCUT2D eigenvalue weighted by Gasteiger charge is -2.21. The van der Waals surface area contributed by atoms with E-state index in [9.17, 15) is 9.59 Å². The van der Waals surface area contributed by atoms with Crippen LogP contribution in [-0.2, 0) is 9.59 Å². The predicted molar refractivity (Wildman–Crippen MR) is 51.6 cm³/mol. The van der Waals surface area contributed by atoms with E-state index < -0.39 is 12.0 Å². The molecular formula is C9H14N2O3. The number of hydrogen-bond acceptors (Lipinski definition) is 3. The Bertz CT molecular complexity index is 257. The Morgan fingerprint density at radius 1 is 1.64 bits per heavy atom. The fourth-order valence-corrected chi connectivity index (χ4v) is 0.883. The number of nitrogens with one attached hydrogen (secondary N) is 1. The van der Waals surface area contributed by atoms with Crippen molar-refractivity contribution < 1.29 is 14.7 Å². The molecule has 0 fully saturated rings.